The summed E-state index contributed by atoms with van der Waals surface area (Å²) in [4.78, 5) is 35.6. The molecule has 1 heterocycles. The number of rotatable bonds is 2. The molecule has 5 nitrogen and oxygen atoms in total. The average Bonchev–Trinajstić information content (AvgIpc) is 2.57. The average molecular weight is 213 g/mol. The molecule has 0 bridgehead atoms. The summed E-state index contributed by atoms with van der Waals surface area (Å²) in [6, 6.07) is 0. The fourth-order valence-electron chi connectivity index (χ4n) is 1.57. The highest BCUT2D eigenvalue weighted by molar-refractivity contribution is 6.04. The zero-order valence-electron chi connectivity index (χ0n) is 9.15. The molecule has 0 N–H and O–H groups in total. The second-order valence-electron chi connectivity index (χ2n) is 3.92. The van der Waals surface area contributed by atoms with Crippen LogP contribution in [0.1, 0.15) is 13.8 Å². The van der Waals surface area contributed by atoms with Crippen molar-refractivity contribution in [1.82, 2.24) is 4.90 Å². The number of ether oxygens (including phenoxy) is 1. The van der Waals surface area contributed by atoms with Crippen molar-refractivity contribution < 1.29 is 19.1 Å². The Bertz CT molecular complexity index is 298. The fourth-order valence-corrected chi connectivity index (χ4v) is 1.57. The number of Topliss-reactive ketones (excluding diaryl/α,β-unsaturated/α-hetero) is 1. The highest BCUT2D eigenvalue weighted by atomic mass is 16.5. The maximum absolute atomic E-state index is 11.6. The molecule has 1 atom stereocenters. The van der Waals surface area contributed by atoms with Gasteiger partial charge in [-0.3, -0.25) is 14.4 Å². The molecular formula is C10H15NO4. The SMILES string of the molecule is COC(=O)C1CN(C(=O)C(C)C)CC1=O. The lowest BCUT2D eigenvalue weighted by molar-refractivity contribution is -0.147. The van der Waals surface area contributed by atoms with Crippen LogP contribution in [0.15, 0.2) is 0 Å². The first-order valence-electron chi connectivity index (χ1n) is 4.86. The Kier molecular flexibility index (Phi) is 3.44. The quantitative estimate of drug-likeness (QED) is 0.472. The first kappa shape index (κ1) is 11.7. The van der Waals surface area contributed by atoms with Gasteiger partial charge in [-0.05, 0) is 0 Å². The minimum atomic E-state index is -0.794. The Morgan fingerprint density at radius 1 is 1.47 bits per heavy atom. The minimum Gasteiger partial charge on any atom is -0.468 e. The maximum Gasteiger partial charge on any atom is 0.318 e. The largest absolute Gasteiger partial charge is 0.468 e. The predicted octanol–water partition coefficient (Wildman–Crippen LogP) is -0.157. The summed E-state index contributed by atoms with van der Waals surface area (Å²) in [5, 5.41) is 0. The van der Waals surface area contributed by atoms with Crippen LogP contribution in [-0.2, 0) is 19.1 Å². The molecule has 15 heavy (non-hydrogen) atoms. The van der Waals surface area contributed by atoms with E-state index in [0.717, 1.165) is 0 Å². The van der Waals surface area contributed by atoms with E-state index in [9.17, 15) is 14.4 Å². The molecule has 5 heteroatoms. The molecule has 0 saturated carbocycles. The van der Waals surface area contributed by atoms with Crippen molar-refractivity contribution in [1.29, 1.82) is 0 Å². The van der Waals surface area contributed by atoms with Gasteiger partial charge < -0.3 is 9.64 Å². The molecule has 1 fully saturated rings. The number of esters is 1. The van der Waals surface area contributed by atoms with Gasteiger partial charge in [0, 0.05) is 12.5 Å². The summed E-state index contributed by atoms with van der Waals surface area (Å²) in [5.41, 5.74) is 0. The van der Waals surface area contributed by atoms with Gasteiger partial charge in [0.05, 0.1) is 13.7 Å². The highest BCUT2D eigenvalue weighted by Crippen LogP contribution is 2.16. The smallest absolute Gasteiger partial charge is 0.318 e. The van der Waals surface area contributed by atoms with Gasteiger partial charge in [0.15, 0.2) is 5.78 Å². The summed E-state index contributed by atoms with van der Waals surface area (Å²) in [5.74, 6) is -1.85. The maximum atomic E-state index is 11.6. The zero-order valence-corrected chi connectivity index (χ0v) is 9.15. The van der Waals surface area contributed by atoms with E-state index >= 15 is 0 Å². The zero-order chi connectivity index (χ0) is 11.6. The van der Waals surface area contributed by atoms with Crippen LogP contribution in [0.3, 0.4) is 0 Å². The number of nitrogens with zero attached hydrogens (tertiary/aromatic N) is 1. The minimum absolute atomic E-state index is 0.0246. The monoisotopic (exact) mass is 213 g/mol. The van der Waals surface area contributed by atoms with Crippen molar-refractivity contribution in [3.63, 3.8) is 0 Å². The van der Waals surface area contributed by atoms with E-state index in [0.29, 0.717) is 0 Å². The van der Waals surface area contributed by atoms with Gasteiger partial charge in [-0.25, -0.2) is 0 Å². The molecule has 1 unspecified atom stereocenters. The lowest BCUT2D eigenvalue weighted by Gasteiger charge is -2.17. The molecule has 1 rings (SSSR count). The summed E-state index contributed by atoms with van der Waals surface area (Å²) in [7, 11) is 1.24. The molecule has 1 aliphatic heterocycles. The lowest BCUT2D eigenvalue weighted by atomic mass is 10.1. The predicted molar refractivity (Wildman–Crippen MR) is 51.9 cm³/mol. The second-order valence-corrected chi connectivity index (χ2v) is 3.92. The van der Waals surface area contributed by atoms with E-state index in [-0.39, 0.29) is 30.7 Å². The summed E-state index contributed by atoms with van der Waals surface area (Å²) in [6.45, 7) is 3.70. The molecule has 84 valence electrons. The van der Waals surface area contributed by atoms with Crippen LogP contribution < -0.4 is 0 Å². The number of carbonyl (C=O) groups is 3. The van der Waals surface area contributed by atoms with Gasteiger partial charge in [0.1, 0.15) is 5.92 Å². The van der Waals surface area contributed by atoms with Crippen molar-refractivity contribution >= 4 is 17.7 Å². The second kappa shape index (κ2) is 4.42. The molecule has 1 saturated heterocycles. The molecule has 0 spiro atoms. The first-order chi connectivity index (χ1) is 6.97. The van der Waals surface area contributed by atoms with Crippen LogP contribution in [0.25, 0.3) is 0 Å². The van der Waals surface area contributed by atoms with E-state index < -0.39 is 11.9 Å². The molecule has 0 aliphatic carbocycles. The summed E-state index contributed by atoms with van der Waals surface area (Å²) in [6.07, 6.45) is 0. The van der Waals surface area contributed by atoms with Crippen LogP contribution in [0.4, 0.5) is 0 Å². The highest BCUT2D eigenvalue weighted by Gasteiger charge is 2.39. The van der Waals surface area contributed by atoms with E-state index in [1.54, 1.807) is 13.8 Å². The van der Waals surface area contributed by atoms with Crippen molar-refractivity contribution in [3.8, 4) is 0 Å². The Labute approximate surface area is 88.4 Å². The summed E-state index contributed by atoms with van der Waals surface area (Å²) < 4.78 is 4.50. The topological polar surface area (TPSA) is 63.7 Å². The van der Waals surface area contributed by atoms with Gasteiger partial charge in [-0.1, -0.05) is 13.8 Å². The number of methoxy groups -OCH3 is 1. The van der Waals surface area contributed by atoms with Crippen LogP contribution >= 0.6 is 0 Å². The van der Waals surface area contributed by atoms with Gasteiger partial charge in [-0.15, -0.1) is 0 Å². The van der Waals surface area contributed by atoms with Gasteiger partial charge >= 0.3 is 5.97 Å². The Hall–Kier alpha value is -1.39. The molecule has 0 aromatic carbocycles. The lowest BCUT2D eigenvalue weighted by Crippen LogP contribution is -2.33. The van der Waals surface area contributed by atoms with E-state index in [4.69, 9.17) is 0 Å². The molecule has 1 amide bonds. The molecule has 0 aromatic rings. The van der Waals surface area contributed by atoms with Gasteiger partial charge in [0.25, 0.3) is 0 Å². The number of hydrogen-bond acceptors (Lipinski definition) is 4. The van der Waals surface area contributed by atoms with Crippen LogP contribution in [0.5, 0.6) is 0 Å². The van der Waals surface area contributed by atoms with E-state index in [1.807, 2.05) is 0 Å². The Morgan fingerprint density at radius 3 is 2.53 bits per heavy atom. The molecular weight excluding hydrogens is 198 g/mol. The third kappa shape index (κ3) is 2.34. The number of ketones is 1. The van der Waals surface area contributed by atoms with Crippen molar-refractivity contribution in [2.75, 3.05) is 20.2 Å². The Morgan fingerprint density at radius 2 is 2.07 bits per heavy atom. The van der Waals surface area contributed by atoms with E-state index in [1.165, 1.54) is 12.0 Å². The van der Waals surface area contributed by atoms with Crippen molar-refractivity contribution in [3.05, 3.63) is 0 Å². The van der Waals surface area contributed by atoms with Crippen molar-refractivity contribution in [2.45, 2.75) is 13.8 Å². The number of hydrogen-bond donors (Lipinski definition) is 0. The van der Waals surface area contributed by atoms with E-state index in [2.05, 4.69) is 4.74 Å². The fraction of sp³-hybridized carbons (Fsp3) is 0.700. The van der Waals surface area contributed by atoms with Crippen LogP contribution in [0.2, 0.25) is 0 Å². The number of likely N-dealkylation sites (tertiary alicyclic amines) is 1. The van der Waals surface area contributed by atoms with Gasteiger partial charge in [-0.2, -0.15) is 0 Å². The molecule has 0 radical (unpaired) electrons. The third-order valence-electron chi connectivity index (χ3n) is 2.43. The van der Waals surface area contributed by atoms with Crippen LogP contribution in [0, 0.1) is 11.8 Å². The first-order valence-corrected chi connectivity index (χ1v) is 4.86. The van der Waals surface area contributed by atoms with Crippen LogP contribution in [-0.4, -0.2) is 42.8 Å². The van der Waals surface area contributed by atoms with Crippen molar-refractivity contribution in [2.24, 2.45) is 11.8 Å². The normalized spacial score (nSPS) is 20.9. The third-order valence-corrected chi connectivity index (χ3v) is 2.43. The number of carbonyl (C=O) groups excluding carboxylic acids is 3. The summed E-state index contributed by atoms with van der Waals surface area (Å²) >= 11 is 0. The molecule has 1 aliphatic rings. The Balaban J connectivity index is 2.67. The molecule has 0 aromatic heterocycles. The number of amides is 1. The standard InChI is InChI=1S/C10H15NO4/c1-6(2)9(13)11-4-7(8(12)5-11)10(14)15-3/h6-7H,4-5H2,1-3H3. The van der Waals surface area contributed by atoms with Gasteiger partial charge in [0.2, 0.25) is 5.91 Å².